The number of nitrogens with one attached hydrogen (secondary N) is 2. The Morgan fingerprint density at radius 3 is 2.72 bits per heavy atom. The highest BCUT2D eigenvalue weighted by Crippen LogP contribution is 2.34. The number of anilines is 1. The highest BCUT2D eigenvalue weighted by Gasteiger charge is 2.21. The van der Waals surface area contributed by atoms with Crippen LogP contribution in [0.4, 0.5) is 14.3 Å². The molecule has 0 aliphatic heterocycles. The number of carbonyl (C=O) groups excluding carboxylic acids is 2. The Morgan fingerprint density at radius 1 is 1.31 bits per heavy atom. The molecule has 170 valence electrons. The Balaban J connectivity index is 1.58. The first-order valence-electron chi connectivity index (χ1n) is 9.92. The molecule has 0 bridgehead atoms. The van der Waals surface area contributed by atoms with Crippen LogP contribution in [0.2, 0.25) is 0 Å². The monoisotopic (exact) mass is 460 g/mol. The quantitative estimate of drug-likeness (QED) is 0.429. The first-order chi connectivity index (χ1) is 15.4. The lowest BCUT2D eigenvalue weighted by atomic mass is 10.0. The van der Waals surface area contributed by atoms with E-state index in [0.29, 0.717) is 23.7 Å². The average Bonchev–Trinajstić information content (AvgIpc) is 3.35. The fourth-order valence-corrected chi connectivity index (χ4v) is 4.19. The number of primary amides is 1. The summed E-state index contributed by atoms with van der Waals surface area (Å²) in [5, 5.41) is 5.94. The van der Waals surface area contributed by atoms with Gasteiger partial charge in [0, 0.05) is 31.8 Å². The van der Waals surface area contributed by atoms with Crippen LogP contribution in [-0.2, 0) is 17.7 Å². The summed E-state index contributed by atoms with van der Waals surface area (Å²) in [6.07, 6.45) is 3.47. The van der Waals surface area contributed by atoms with Crippen molar-refractivity contribution in [3.8, 4) is 0 Å². The van der Waals surface area contributed by atoms with Gasteiger partial charge in [-0.1, -0.05) is 23.5 Å². The van der Waals surface area contributed by atoms with Gasteiger partial charge in [0.05, 0.1) is 29.1 Å². The Labute approximate surface area is 188 Å². The maximum absolute atomic E-state index is 12.4. The number of urea groups is 1. The standard InChI is InChI=1S/C21H25FN6O3S/c1-13-18(17(31-2)14-3-5-15(6-4-14)19(23)29)32-21(26-13)27-20(30)24-9-7-16-11-28(10-8-22)12-25-16/h3-6,11-12,17H,7-10H2,1-2H3,(H2,23,29)(H2,24,26,27,30). The van der Waals surface area contributed by atoms with Gasteiger partial charge in [-0.2, -0.15) is 0 Å². The lowest BCUT2D eigenvalue weighted by Crippen LogP contribution is -2.30. The van der Waals surface area contributed by atoms with Crippen molar-refractivity contribution in [3.05, 3.63) is 64.2 Å². The Morgan fingerprint density at radius 2 is 2.06 bits per heavy atom. The number of nitrogens with zero attached hydrogens (tertiary/aromatic N) is 3. The summed E-state index contributed by atoms with van der Waals surface area (Å²) in [6, 6.07) is 6.47. The van der Waals surface area contributed by atoms with Gasteiger partial charge in [0.1, 0.15) is 12.8 Å². The number of aromatic nitrogens is 3. The third kappa shape index (κ3) is 5.89. The van der Waals surface area contributed by atoms with Crippen LogP contribution in [-0.4, -0.2) is 46.8 Å². The smallest absolute Gasteiger partial charge is 0.321 e. The highest BCUT2D eigenvalue weighted by atomic mass is 32.1. The molecule has 1 unspecified atom stereocenters. The zero-order valence-electron chi connectivity index (χ0n) is 17.8. The first-order valence-corrected chi connectivity index (χ1v) is 10.7. The van der Waals surface area contributed by atoms with Crippen LogP contribution in [0.25, 0.3) is 0 Å². The number of nitrogens with two attached hydrogens (primary N) is 1. The van der Waals surface area contributed by atoms with Crippen LogP contribution in [0, 0.1) is 6.92 Å². The average molecular weight is 461 g/mol. The molecular formula is C21H25FN6O3S. The van der Waals surface area contributed by atoms with Crippen molar-refractivity contribution in [2.75, 3.05) is 25.6 Å². The van der Waals surface area contributed by atoms with Gasteiger partial charge in [-0.15, -0.1) is 0 Å². The van der Waals surface area contributed by atoms with E-state index in [1.807, 2.05) is 6.92 Å². The lowest BCUT2D eigenvalue weighted by Gasteiger charge is -2.15. The number of rotatable bonds is 10. The summed E-state index contributed by atoms with van der Waals surface area (Å²) in [6.45, 7) is 2.04. The minimum Gasteiger partial charge on any atom is -0.371 e. The minimum absolute atomic E-state index is 0.268. The summed E-state index contributed by atoms with van der Waals surface area (Å²) < 4.78 is 19.7. The van der Waals surface area contributed by atoms with Gasteiger partial charge < -0.3 is 20.4 Å². The Bertz CT molecular complexity index is 1070. The molecule has 32 heavy (non-hydrogen) atoms. The molecule has 3 amide bonds. The molecule has 0 fully saturated rings. The molecule has 0 radical (unpaired) electrons. The van der Waals surface area contributed by atoms with Gasteiger partial charge in [0.15, 0.2) is 5.13 Å². The number of imidazole rings is 1. The number of benzene rings is 1. The normalized spacial score (nSPS) is 11.8. The Hall–Kier alpha value is -3.31. The van der Waals surface area contributed by atoms with E-state index in [0.717, 1.165) is 21.8 Å². The number of hydrogen-bond donors (Lipinski definition) is 3. The fraction of sp³-hybridized carbons (Fsp3) is 0.333. The molecule has 0 aliphatic carbocycles. The number of amides is 3. The predicted molar refractivity (Wildman–Crippen MR) is 120 cm³/mol. The van der Waals surface area contributed by atoms with E-state index in [4.69, 9.17) is 10.5 Å². The van der Waals surface area contributed by atoms with E-state index < -0.39 is 18.7 Å². The van der Waals surface area contributed by atoms with Crippen LogP contribution < -0.4 is 16.4 Å². The SMILES string of the molecule is COC(c1ccc(C(N)=O)cc1)c1sc(NC(=O)NCCc2cn(CCF)cn2)nc1C. The number of alkyl halides is 1. The topological polar surface area (TPSA) is 124 Å². The van der Waals surface area contributed by atoms with E-state index in [9.17, 15) is 14.0 Å². The van der Waals surface area contributed by atoms with Crippen LogP contribution in [0.1, 0.15) is 38.3 Å². The summed E-state index contributed by atoms with van der Waals surface area (Å²) in [7, 11) is 1.58. The van der Waals surface area contributed by atoms with Crippen LogP contribution in [0.3, 0.4) is 0 Å². The summed E-state index contributed by atoms with van der Waals surface area (Å²) in [5.74, 6) is -0.495. The van der Waals surface area contributed by atoms with E-state index in [-0.39, 0.29) is 12.6 Å². The van der Waals surface area contributed by atoms with Crippen molar-refractivity contribution >= 4 is 28.4 Å². The highest BCUT2D eigenvalue weighted by molar-refractivity contribution is 7.16. The second kappa shape index (κ2) is 10.8. The van der Waals surface area contributed by atoms with E-state index in [1.165, 1.54) is 11.3 Å². The lowest BCUT2D eigenvalue weighted by molar-refractivity contribution is 0.1000. The van der Waals surface area contributed by atoms with Gasteiger partial charge in [-0.3, -0.25) is 10.1 Å². The molecular weight excluding hydrogens is 435 g/mol. The number of thiazole rings is 1. The van der Waals surface area contributed by atoms with Crippen LogP contribution >= 0.6 is 11.3 Å². The van der Waals surface area contributed by atoms with Crippen LogP contribution in [0.5, 0.6) is 0 Å². The number of aryl methyl sites for hydroxylation is 2. The molecule has 11 heteroatoms. The van der Waals surface area contributed by atoms with Crippen molar-refractivity contribution < 1.29 is 18.7 Å². The van der Waals surface area contributed by atoms with Crippen LogP contribution in [0.15, 0.2) is 36.8 Å². The van der Waals surface area contributed by atoms with Gasteiger partial charge in [0.2, 0.25) is 5.91 Å². The third-order valence-corrected chi connectivity index (χ3v) is 5.84. The Kier molecular flexibility index (Phi) is 7.90. The molecule has 2 aromatic heterocycles. The maximum Gasteiger partial charge on any atom is 0.321 e. The molecule has 1 atom stereocenters. The van der Waals surface area contributed by atoms with Crippen molar-refractivity contribution in [2.45, 2.75) is 26.0 Å². The zero-order valence-corrected chi connectivity index (χ0v) is 18.6. The molecule has 2 heterocycles. The van der Waals surface area contributed by atoms with Crippen molar-refractivity contribution in [1.29, 1.82) is 0 Å². The predicted octanol–water partition coefficient (Wildman–Crippen LogP) is 2.82. The summed E-state index contributed by atoms with van der Waals surface area (Å²) in [5.41, 5.74) is 8.06. The number of ether oxygens (including phenoxy) is 1. The molecule has 1 aromatic carbocycles. The largest absolute Gasteiger partial charge is 0.371 e. The zero-order chi connectivity index (χ0) is 23.1. The van der Waals surface area contributed by atoms with Gasteiger partial charge in [-0.05, 0) is 24.6 Å². The van der Waals surface area contributed by atoms with E-state index in [2.05, 4.69) is 20.6 Å². The molecule has 4 N–H and O–H groups in total. The van der Waals surface area contributed by atoms with Crippen molar-refractivity contribution in [1.82, 2.24) is 19.9 Å². The van der Waals surface area contributed by atoms with Gasteiger partial charge >= 0.3 is 6.03 Å². The van der Waals surface area contributed by atoms with E-state index in [1.54, 1.807) is 48.5 Å². The number of halogens is 1. The van der Waals surface area contributed by atoms with E-state index >= 15 is 0 Å². The minimum atomic E-state index is -0.495. The number of methoxy groups -OCH3 is 1. The van der Waals surface area contributed by atoms with Crippen molar-refractivity contribution in [3.63, 3.8) is 0 Å². The second-order valence-electron chi connectivity index (χ2n) is 6.99. The molecule has 3 rings (SSSR count). The van der Waals surface area contributed by atoms with Gasteiger partial charge in [-0.25, -0.2) is 19.2 Å². The molecule has 0 spiro atoms. The molecule has 9 nitrogen and oxygen atoms in total. The maximum atomic E-state index is 12.4. The summed E-state index contributed by atoms with van der Waals surface area (Å²) >= 11 is 1.31. The summed E-state index contributed by atoms with van der Waals surface area (Å²) in [4.78, 5) is 33.0. The molecule has 0 saturated carbocycles. The van der Waals surface area contributed by atoms with Crippen molar-refractivity contribution in [2.24, 2.45) is 5.73 Å². The number of hydrogen-bond acceptors (Lipinski definition) is 6. The molecule has 3 aromatic rings. The molecule has 0 saturated heterocycles. The third-order valence-electron chi connectivity index (χ3n) is 4.72. The number of carbonyl (C=O) groups is 2. The van der Waals surface area contributed by atoms with Gasteiger partial charge in [0.25, 0.3) is 0 Å². The molecule has 0 aliphatic rings. The second-order valence-corrected chi connectivity index (χ2v) is 8.02. The first kappa shape index (κ1) is 23.4. The fourth-order valence-electron chi connectivity index (χ4n) is 3.12.